The molecule has 1 saturated heterocycles. The second-order valence-electron chi connectivity index (χ2n) is 9.59. The summed E-state index contributed by atoms with van der Waals surface area (Å²) in [7, 11) is 0. The van der Waals surface area contributed by atoms with Gasteiger partial charge in [0.25, 0.3) is 0 Å². The van der Waals surface area contributed by atoms with E-state index in [0.717, 1.165) is 32.5 Å². The minimum absolute atomic E-state index is 0.220. The monoisotopic (exact) mass is 417 g/mol. The Hall–Kier alpha value is -1.16. The highest BCUT2D eigenvalue weighted by Gasteiger charge is 2.24. The highest BCUT2D eigenvalue weighted by Crippen LogP contribution is 2.29. The van der Waals surface area contributed by atoms with E-state index in [4.69, 9.17) is 5.10 Å². The molecule has 0 aromatic carbocycles. The van der Waals surface area contributed by atoms with Crippen molar-refractivity contribution in [3.8, 4) is 0 Å². The third kappa shape index (κ3) is 8.17. The van der Waals surface area contributed by atoms with Crippen molar-refractivity contribution < 1.29 is 4.79 Å². The number of hydrogen-bond donors (Lipinski definition) is 0. The molecular weight excluding hydrogens is 370 g/mol. The van der Waals surface area contributed by atoms with Crippen molar-refractivity contribution in [2.45, 2.75) is 117 Å². The van der Waals surface area contributed by atoms with Crippen LogP contribution in [0.15, 0.2) is 12.4 Å². The first-order valence-corrected chi connectivity index (χ1v) is 12.9. The van der Waals surface area contributed by atoms with E-state index in [1.807, 2.05) is 0 Å². The number of aromatic nitrogens is 2. The van der Waals surface area contributed by atoms with Gasteiger partial charge in [-0.25, -0.2) is 0 Å². The van der Waals surface area contributed by atoms with E-state index < -0.39 is 0 Å². The summed E-state index contributed by atoms with van der Waals surface area (Å²) in [6, 6.07) is 0.457. The molecule has 4 heteroatoms. The SMILES string of the molecule is CCCCCCC(CCC)c1cnn(C2CCCN(CCC(=O)C(C)CCC)C2)c1. The van der Waals surface area contributed by atoms with Crippen LogP contribution in [0.4, 0.5) is 0 Å². The topological polar surface area (TPSA) is 38.1 Å². The smallest absolute Gasteiger partial charge is 0.136 e. The Morgan fingerprint density at radius 2 is 1.90 bits per heavy atom. The number of likely N-dealkylation sites (tertiary alicyclic amines) is 1. The number of unbranched alkanes of at least 4 members (excludes halogenated alkanes) is 3. The fourth-order valence-electron chi connectivity index (χ4n) is 4.97. The zero-order chi connectivity index (χ0) is 21.8. The lowest BCUT2D eigenvalue weighted by molar-refractivity contribution is -0.123. The number of piperidine rings is 1. The molecule has 4 nitrogen and oxygen atoms in total. The van der Waals surface area contributed by atoms with Gasteiger partial charge in [-0.3, -0.25) is 9.48 Å². The van der Waals surface area contributed by atoms with Gasteiger partial charge in [0.05, 0.1) is 12.2 Å². The first kappa shape index (κ1) is 25.1. The predicted octanol–water partition coefficient (Wildman–Crippen LogP) is 6.77. The highest BCUT2D eigenvalue weighted by atomic mass is 16.1. The Kier molecular flexibility index (Phi) is 11.7. The predicted molar refractivity (Wildman–Crippen MR) is 127 cm³/mol. The van der Waals surface area contributed by atoms with Crippen molar-refractivity contribution in [3.05, 3.63) is 18.0 Å². The molecular formula is C26H47N3O. The minimum Gasteiger partial charge on any atom is -0.301 e. The summed E-state index contributed by atoms with van der Waals surface area (Å²) < 4.78 is 2.23. The summed E-state index contributed by atoms with van der Waals surface area (Å²) in [5.74, 6) is 1.32. The Labute approximate surface area is 185 Å². The molecule has 0 spiro atoms. The third-order valence-electron chi connectivity index (χ3n) is 6.94. The lowest BCUT2D eigenvalue weighted by Gasteiger charge is -2.32. The normalized spacial score (nSPS) is 19.7. The fourth-order valence-corrected chi connectivity index (χ4v) is 4.97. The molecule has 1 aromatic rings. The van der Waals surface area contributed by atoms with Gasteiger partial charge in [-0.2, -0.15) is 5.10 Å². The van der Waals surface area contributed by atoms with Gasteiger partial charge in [0, 0.05) is 31.6 Å². The van der Waals surface area contributed by atoms with Crippen molar-refractivity contribution >= 4 is 5.78 Å². The Balaban J connectivity index is 1.87. The van der Waals surface area contributed by atoms with Gasteiger partial charge >= 0.3 is 0 Å². The lowest BCUT2D eigenvalue weighted by atomic mass is 9.91. The standard InChI is InChI=1S/C26H47N3O/c1-5-8-9-10-14-23(13-7-3)24-19-27-29(20-24)25-15-11-17-28(21-25)18-16-26(30)22(4)12-6-2/h19-20,22-23,25H,5-18,21H2,1-4H3. The van der Waals surface area contributed by atoms with Crippen molar-refractivity contribution in [1.29, 1.82) is 0 Å². The van der Waals surface area contributed by atoms with Crippen molar-refractivity contribution in [2.24, 2.45) is 5.92 Å². The molecule has 0 N–H and O–H groups in total. The summed E-state index contributed by atoms with van der Waals surface area (Å²) in [4.78, 5) is 14.8. The van der Waals surface area contributed by atoms with Gasteiger partial charge in [0.15, 0.2) is 0 Å². The average molecular weight is 418 g/mol. The molecule has 0 aliphatic carbocycles. The van der Waals surface area contributed by atoms with E-state index >= 15 is 0 Å². The van der Waals surface area contributed by atoms with Crippen LogP contribution in [-0.4, -0.2) is 40.1 Å². The maximum Gasteiger partial charge on any atom is 0.136 e. The van der Waals surface area contributed by atoms with Crippen LogP contribution in [0.3, 0.4) is 0 Å². The summed E-state index contributed by atoms with van der Waals surface area (Å²) in [5.41, 5.74) is 1.44. The van der Waals surface area contributed by atoms with Crippen LogP contribution >= 0.6 is 0 Å². The molecule has 0 saturated carbocycles. The highest BCUT2D eigenvalue weighted by molar-refractivity contribution is 5.80. The molecule has 172 valence electrons. The van der Waals surface area contributed by atoms with Gasteiger partial charge in [0.2, 0.25) is 0 Å². The Morgan fingerprint density at radius 3 is 2.63 bits per heavy atom. The number of rotatable bonds is 15. The molecule has 1 aliphatic heterocycles. The van der Waals surface area contributed by atoms with Crippen molar-refractivity contribution in [2.75, 3.05) is 19.6 Å². The van der Waals surface area contributed by atoms with Crippen LogP contribution < -0.4 is 0 Å². The van der Waals surface area contributed by atoms with Crippen LogP contribution in [0.5, 0.6) is 0 Å². The van der Waals surface area contributed by atoms with E-state index in [-0.39, 0.29) is 5.92 Å². The zero-order valence-electron chi connectivity index (χ0n) is 20.2. The average Bonchev–Trinajstić information content (AvgIpc) is 3.25. The lowest BCUT2D eigenvalue weighted by Crippen LogP contribution is -2.38. The number of Topliss-reactive ketones (excluding diaryl/α,β-unsaturated/α-hetero) is 1. The molecule has 1 aromatic heterocycles. The van der Waals surface area contributed by atoms with E-state index in [1.54, 1.807) is 0 Å². The number of ketones is 1. The summed E-state index contributed by atoms with van der Waals surface area (Å²) in [6.07, 6.45) is 18.9. The first-order chi connectivity index (χ1) is 14.6. The van der Waals surface area contributed by atoms with Gasteiger partial charge in [-0.1, -0.05) is 66.2 Å². The maximum absolute atomic E-state index is 12.4. The maximum atomic E-state index is 12.4. The second kappa shape index (κ2) is 14.0. The molecule has 30 heavy (non-hydrogen) atoms. The molecule has 0 radical (unpaired) electrons. The molecule has 0 bridgehead atoms. The molecule has 3 atom stereocenters. The van der Waals surface area contributed by atoms with E-state index in [1.165, 1.54) is 63.4 Å². The van der Waals surface area contributed by atoms with Crippen LogP contribution in [0.1, 0.15) is 122 Å². The largest absolute Gasteiger partial charge is 0.301 e. The molecule has 2 heterocycles. The van der Waals surface area contributed by atoms with E-state index in [2.05, 4.69) is 49.7 Å². The molecule has 3 unspecified atom stereocenters. The molecule has 1 fully saturated rings. The van der Waals surface area contributed by atoms with Crippen LogP contribution in [0.25, 0.3) is 0 Å². The Bertz CT molecular complexity index is 597. The molecule has 1 aliphatic rings. The van der Waals surface area contributed by atoms with Crippen LogP contribution in [0, 0.1) is 5.92 Å². The summed E-state index contributed by atoms with van der Waals surface area (Å²) in [6.45, 7) is 11.9. The molecule has 0 amide bonds. The quantitative estimate of drug-likeness (QED) is 0.296. The zero-order valence-corrected chi connectivity index (χ0v) is 20.2. The van der Waals surface area contributed by atoms with Gasteiger partial charge in [-0.15, -0.1) is 0 Å². The Morgan fingerprint density at radius 1 is 1.10 bits per heavy atom. The minimum atomic E-state index is 0.220. The summed E-state index contributed by atoms with van der Waals surface area (Å²) in [5, 5.41) is 4.79. The number of carbonyl (C=O) groups is 1. The first-order valence-electron chi connectivity index (χ1n) is 12.9. The number of hydrogen-bond acceptors (Lipinski definition) is 3. The second-order valence-corrected chi connectivity index (χ2v) is 9.59. The van der Waals surface area contributed by atoms with Crippen LogP contribution in [0.2, 0.25) is 0 Å². The summed E-state index contributed by atoms with van der Waals surface area (Å²) >= 11 is 0. The van der Waals surface area contributed by atoms with Gasteiger partial charge in [-0.05, 0) is 50.1 Å². The van der Waals surface area contributed by atoms with Crippen molar-refractivity contribution in [3.63, 3.8) is 0 Å². The van der Waals surface area contributed by atoms with E-state index in [9.17, 15) is 4.79 Å². The fraction of sp³-hybridized carbons (Fsp3) is 0.846. The van der Waals surface area contributed by atoms with Gasteiger partial charge < -0.3 is 4.90 Å². The van der Waals surface area contributed by atoms with Crippen LogP contribution in [-0.2, 0) is 4.79 Å². The number of nitrogens with zero attached hydrogens (tertiary/aromatic N) is 3. The third-order valence-corrected chi connectivity index (χ3v) is 6.94. The van der Waals surface area contributed by atoms with Crippen molar-refractivity contribution in [1.82, 2.24) is 14.7 Å². The number of carbonyl (C=O) groups excluding carboxylic acids is 1. The molecule has 2 rings (SSSR count). The van der Waals surface area contributed by atoms with E-state index in [0.29, 0.717) is 24.2 Å². The van der Waals surface area contributed by atoms with Gasteiger partial charge in [0.1, 0.15) is 5.78 Å².